The average molecular weight is 340 g/mol. The molecule has 4 rings (SSSR count). The Labute approximate surface area is 145 Å². The maximum Gasteiger partial charge on any atom is 0.270 e. The highest BCUT2D eigenvalue weighted by Crippen LogP contribution is 2.32. The first kappa shape index (κ1) is 15.7. The number of hydrogen-bond acceptors (Lipinski definition) is 6. The van der Waals surface area contributed by atoms with Crippen LogP contribution in [0, 0.1) is 0 Å². The monoisotopic (exact) mass is 340 g/mol. The number of nitrogens with one attached hydrogen (secondary N) is 2. The van der Waals surface area contributed by atoms with E-state index in [1.165, 1.54) is 12.8 Å². The van der Waals surface area contributed by atoms with E-state index in [-0.39, 0.29) is 12.7 Å². The SMILES string of the molecule is O=C(NCc1ccc2c(c1)OCO2)c1ccnc(NC2CCCC2)n1. The van der Waals surface area contributed by atoms with Crippen molar-refractivity contribution >= 4 is 11.9 Å². The molecule has 0 radical (unpaired) electrons. The summed E-state index contributed by atoms with van der Waals surface area (Å²) in [6.07, 6.45) is 6.33. The summed E-state index contributed by atoms with van der Waals surface area (Å²) in [5.74, 6) is 1.72. The molecule has 0 spiro atoms. The fourth-order valence-electron chi connectivity index (χ4n) is 3.13. The molecule has 1 aromatic carbocycles. The molecule has 0 saturated heterocycles. The number of anilines is 1. The Hall–Kier alpha value is -2.83. The highest BCUT2D eigenvalue weighted by Gasteiger charge is 2.17. The van der Waals surface area contributed by atoms with E-state index in [4.69, 9.17) is 9.47 Å². The van der Waals surface area contributed by atoms with Gasteiger partial charge in [0, 0.05) is 18.8 Å². The molecule has 0 bridgehead atoms. The van der Waals surface area contributed by atoms with Crippen molar-refractivity contribution in [2.45, 2.75) is 38.3 Å². The molecule has 2 heterocycles. The van der Waals surface area contributed by atoms with E-state index in [2.05, 4.69) is 20.6 Å². The van der Waals surface area contributed by atoms with Gasteiger partial charge in [0.25, 0.3) is 5.91 Å². The minimum atomic E-state index is -0.227. The molecule has 1 saturated carbocycles. The number of hydrogen-bond donors (Lipinski definition) is 2. The summed E-state index contributed by atoms with van der Waals surface area (Å²) in [4.78, 5) is 20.9. The van der Waals surface area contributed by atoms with E-state index in [9.17, 15) is 4.79 Å². The highest BCUT2D eigenvalue weighted by molar-refractivity contribution is 5.92. The van der Waals surface area contributed by atoms with Gasteiger partial charge in [0.15, 0.2) is 11.5 Å². The van der Waals surface area contributed by atoms with Crippen LogP contribution in [0.25, 0.3) is 0 Å². The standard InChI is InChI=1S/C18H20N4O3/c23-17(20-10-12-5-6-15-16(9-12)25-11-24-15)14-7-8-19-18(22-14)21-13-3-1-2-4-13/h5-9,13H,1-4,10-11H2,(H,20,23)(H,19,21,22). The molecule has 2 aliphatic rings. The molecule has 1 aromatic heterocycles. The number of amides is 1. The molecule has 1 aliphatic carbocycles. The zero-order valence-corrected chi connectivity index (χ0v) is 13.8. The minimum absolute atomic E-state index is 0.227. The van der Waals surface area contributed by atoms with E-state index >= 15 is 0 Å². The van der Waals surface area contributed by atoms with Crippen LogP contribution in [-0.2, 0) is 6.54 Å². The van der Waals surface area contributed by atoms with Crippen LogP contribution in [0.5, 0.6) is 11.5 Å². The molecule has 25 heavy (non-hydrogen) atoms. The van der Waals surface area contributed by atoms with Crippen LogP contribution in [0.15, 0.2) is 30.5 Å². The normalized spacial score (nSPS) is 16.0. The summed E-state index contributed by atoms with van der Waals surface area (Å²) in [5, 5.41) is 6.18. The molecule has 1 fully saturated rings. The highest BCUT2D eigenvalue weighted by atomic mass is 16.7. The van der Waals surface area contributed by atoms with Gasteiger partial charge in [0.2, 0.25) is 12.7 Å². The Kier molecular flexibility index (Phi) is 4.37. The number of carbonyl (C=O) groups excluding carboxylic acids is 1. The van der Waals surface area contributed by atoms with Crippen LogP contribution in [0.3, 0.4) is 0 Å². The van der Waals surface area contributed by atoms with E-state index in [1.807, 2.05) is 18.2 Å². The van der Waals surface area contributed by atoms with Crippen molar-refractivity contribution in [1.29, 1.82) is 0 Å². The molecule has 130 valence electrons. The molecule has 1 amide bonds. The quantitative estimate of drug-likeness (QED) is 0.870. The van der Waals surface area contributed by atoms with Crippen molar-refractivity contribution in [3.8, 4) is 11.5 Å². The summed E-state index contributed by atoms with van der Waals surface area (Å²) in [5.41, 5.74) is 1.30. The predicted molar refractivity (Wildman–Crippen MR) is 91.6 cm³/mol. The van der Waals surface area contributed by atoms with Crippen LogP contribution < -0.4 is 20.1 Å². The molecule has 0 unspecified atom stereocenters. The first-order valence-corrected chi connectivity index (χ1v) is 8.54. The lowest BCUT2D eigenvalue weighted by Crippen LogP contribution is -2.25. The lowest BCUT2D eigenvalue weighted by molar-refractivity contribution is 0.0945. The molecule has 2 aromatic rings. The van der Waals surface area contributed by atoms with Gasteiger partial charge in [-0.2, -0.15) is 0 Å². The summed E-state index contributed by atoms with van der Waals surface area (Å²) in [7, 11) is 0. The third-order valence-electron chi connectivity index (χ3n) is 4.47. The van der Waals surface area contributed by atoms with E-state index in [0.29, 0.717) is 30.0 Å². The van der Waals surface area contributed by atoms with Crippen LogP contribution in [0.2, 0.25) is 0 Å². The first-order valence-electron chi connectivity index (χ1n) is 8.54. The maximum atomic E-state index is 12.4. The topological polar surface area (TPSA) is 85.4 Å². The van der Waals surface area contributed by atoms with Gasteiger partial charge in [-0.25, -0.2) is 9.97 Å². The zero-order valence-electron chi connectivity index (χ0n) is 13.8. The van der Waals surface area contributed by atoms with Crippen molar-refractivity contribution in [3.05, 3.63) is 41.7 Å². The van der Waals surface area contributed by atoms with Gasteiger partial charge in [0.05, 0.1) is 0 Å². The number of rotatable bonds is 5. The third-order valence-corrected chi connectivity index (χ3v) is 4.47. The molecular weight excluding hydrogens is 320 g/mol. The Morgan fingerprint density at radius 1 is 1.16 bits per heavy atom. The van der Waals surface area contributed by atoms with Gasteiger partial charge < -0.3 is 20.1 Å². The fourth-order valence-corrected chi connectivity index (χ4v) is 3.13. The summed E-state index contributed by atoms with van der Waals surface area (Å²) in [6, 6.07) is 7.65. The number of carbonyl (C=O) groups is 1. The second kappa shape index (κ2) is 6.96. The third kappa shape index (κ3) is 3.65. The van der Waals surface area contributed by atoms with Gasteiger partial charge in [-0.1, -0.05) is 18.9 Å². The second-order valence-electron chi connectivity index (χ2n) is 6.26. The van der Waals surface area contributed by atoms with Crippen molar-refractivity contribution in [2.24, 2.45) is 0 Å². The molecule has 1 aliphatic heterocycles. The Morgan fingerprint density at radius 2 is 2.00 bits per heavy atom. The molecule has 0 atom stereocenters. The average Bonchev–Trinajstić information content (AvgIpc) is 3.31. The van der Waals surface area contributed by atoms with Gasteiger partial charge >= 0.3 is 0 Å². The largest absolute Gasteiger partial charge is 0.454 e. The summed E-state index contributed by atoms with van der Waals surface area (Å²) >= 11 is 0. The summed E-state index contributed by atoms with van der Waals surface area (Å²) in [6.45, 7) is 0.633. The minimum Gasteiger partial charge on any atom is -0.454 e. The number of benzene rings is 1. The fraction of sp³-hybridized carbons (Fsp3) is 0.389. The second-order valence-corrected chi connectivity index (χ2v) is 6.26. The number of ether oxygens (including phenoxy) is 2. The maximum absolute atomic E-state index is 12.4. The molecule has 7 nitrogen and oxygen atoms in total. The van der Waals surface area contributed by atoms with Crippen molar-refractivity contribution in [3.63, 3.8) is 0 Å². The Bertz CT molecular complexity index is 775. The smallest absolute Gasteiger partial charge is 0.270 e. The zero-order chi connectivity index (χ0) is 17.1. The van der Waals surface area contributed by atoms with Crippen LogP contribution in [0.4, 0.5) is 5.95 Å². The van der Waals surface area contributed by atoms with Gasteiger partial charge in [-0.3, -0.25) is 4.79 Å². The van der Waals surface area contributed by atoms with E-state index < -0.39 is 0 Å². The van der Waals surface area contributed by atoms with Gasteiger partial charge in [-0.05, 0) is 36.6 Å². The predicted octanol–water partition coefficient (Wildman–Crippen LogP) is 2.49. The van der Waals surface area contributed by atoms with Crippen LogP contribution in [0.1, 0.15) is 41.7 Å². The molecular formula is C18H20N4O3. The molecule has 7 heteroatoms. The van der Waals surface area contributed by atoms with Crippen LogP contribution >= 0.6 is 0 Å². The Balaban J connectivity index is 1.37. The van der Waals surface area contributed by atoms with Crippen molar-refractivity contribution in [2.75, 3.05) is 12.1 Å². The lowest BCUT2D eigenvalue weighted by atomic mass is 10.2. The lowest BCUT2D eigenvalue weighted by Gasteiger charge is -2.12. The van der Waals surface area contributed by atoms with Crippen molar-refractivity contribution < 1.29 is 14.3 Å². The van der Waals surface area contributed by atoms with Gasteiger partial charge in [0.1, 0.15) is 5.69 Å². The number of aromatic nitrogens is 2. The number of nitrogens with zero attached hydrogens (tertiary/aromatic N) is 2. The van der Waals surface area contributed by atoms with E-state index in [0.717, 1.165) is 24.2 Å². The van der Waals surface area contributed by atoms with Crippen LogP contribution in [-0.4, -0.2) is 28.7 Å². The summed E-state index contributed by atoms with van der Waals surface area (Å²) < 4.78 is 10.6. The Morgan fingerprint density at radius 3 is 2.88 bits per heavy atom. The van der Waals surface area contributed by atoms with E-state index in [1.54, 1.807) is 12.3 Å². The first-order chi connectivity index (χ1) is 12.3. The molecule has 2 N–H and O–H groups in total. The number of fused-ring (bicyclic) bond motifs is 1. The van der Waals surface area contributed by atoms with Gasteiger partial charge in [-0.15, -0.1) is 0 Å². The van der Waals surface area contributed by atoms with Crippen molar-refractivity contribution in [1.82, 2.24) is 15.3 Å².